The maximum absolute atomic E-state index is 12.9. The highest BCUT2D eigenvalue weighted by Crippen LogP contribution is 2.26. The summed E-state index contributed by atoms with van der Waals surface area (Å²) < 4.78 is 60.4. The fourth-order valence-electron chi connectivity index (χ4n) is 3.11. The molecule has 0 spiro atoms. The minimum Gasteiger partial charge on any atom is -0.496 e. The topological polar surface area (TPSA) is 89.5 Å². The van der Waals surface area contributed by atoms with Gasteiger partial charge in [-0.15, -0.1) is 0 Å². The van der Waals surface area contributed by atoms with Gasteiger partial charge in [0.05, 0.1) is 21.8 Å². The lowest BCUT2D eigenvalue weighted by atomic mass is 10.1. The summed E-state index contributed by atoms with van der Waals surface area (Å²) in [7, 11) is -6.20. The van der Waals surface area contributed by atoms with Gasteiger partial charge >= 0.3 is 0 Å². The van der Waals surface area contributed by atoms with E-state index in [2.05, 4.69) is 20.7 Å². The van der Waals surface area contributed by atoms with Gasteiger partial charge in [-0.05, 0) is 66.9 Å². The number of sulfonamides is 1. The van der Waals surface area contributed by atoms with Crippen LogP contribution in [0.3, 0.4) is 0 Å². The van der Waals surface area contributed by atoms with Gasteiger partial charge in [-0.25, -0.2) is 21.6 Å². The lowest BCUT2D eigenvalue weighted by molar-refractivity contribution is 0.409. The zero-order valence-electron chi connectivity index (χ0n) is 17.0. The first-order chi connectivity index (χ1) is 14.6. The van der Waals surface area contributed by atoms with Crippen LogP contribution in [-0.2, 0) is 26.3 Å². The fourth-order valence-corrected chi connectivity index (χ4v) is 6.20. The first-order valence-corrected chi connectivity index (χ1v) is 13.1. The van der Waals surface area contributed by atoms with Gasteiger partial charge in [0, 0.05) is 11.0 Å². The van der Waals surface area contributed by atoms with E-state index in [0.29, 0.717) is 17.7 Å². The maximum Gasteiger partial charge on any atom is 0.240 e. The van der Waals surface area contributed by atoms with Crippen molar-refractivity contribution in [2.24, 2.45) is 0 Å². The molecule has 0 fully saturated rings. The predicted molar refractivity (Wildman–Crippen MR) is 123 cm³/mol. The molecule has 3 aromatic carbocycles. The third-order valence-corrected chi connectivity index (χ3v) is 8.61. The number of benzene rings is 3. The Bertz CT molecular complexity index is 1290. The Morgan fingerprint density at radius 2 is 1.61 bits per heavy atom. The molecule has 0 atom stereocenters. The Morgan fingerprint density at radius 1 is 0.903 bits per heavy atom. The molecule has 0 aliphatic heterocycles. The van der Waals surface area contributed by atoms with Crippen molar-refractivity contribution >= 4 is 35.8 Å². The van der Waals surface area contributed by atoms with Crippen molar-refractivity contribution in [3.63, 3.8) is 0 Å². The average molecular weight is 524 g/mol. The number of ether oxygens (including phenoxy) is 1. The van der Waals surface area contributed by atoms with Crippen LogP contribution >= 0.6 is 15.9 Å². The van der Waals surface area contributed by atoms with Crippen LogP contribution < -0.4 is 9.46 Å². The highest BCUT2D eigenvalue weighted by molar-refractivity contribution is 9.10. The number of aryl methyl sites for hydroxylation is 1. The van der Waals surface area contributed by atoms with E-state index in [1.807, 2.05) is 12.1 Å². The van der Waals surface area contributed by atoms with E-state index in [0.717, 1.165) is 10.0 Å². The second kappa shape index (κ2) is 9.52. The van der Waals surface area contributed by atoms with E-state index >= 15 is 0 Å². The van der Waals surface area contributed by atoms with Gasteiger partial charge in [-0.1, -0.05) is 40.2 Å². The first kappa shape index (κ1) is 23.5. The van der Waals surface area contributed by atoms with Crippen LogP contribution in [-0.4, -0.2) is 30.5 Å². The fraction of sp³-hybridized carbons (Fsp3) is 0.182. The third kappa shape index (κ3) is 5.35. The van der Waals surface area contributed by atoms with Gasteiger partial charge < -0.3 is 4.74 Å². The molecule has 0 aliphatic carbocycles. The van der Waals surface area contributed by atoms with Gasteiger partial charge in [0.15, 0.2) is 0 Å². The van der Waals surface area contributed by atoms with E-state index in [1.165, 1.54) is 30.3 Å². The highest BCUT2D eigenvalue weighted by Gasteiger charge is 2.23. The monoisotopic (exact) mass is 523 g/mol. The Morgan fingerprint density at radius 3 is 2.29 bits per heavy atom. The number of hydrogen-bond donors (Lipinski definition) is 1. The summed E-state index contributed by atoms with van der Waals surface area (Å²) >= 11 is 3.40. The second-order valence-electron chi connectivity index (χ2n) is 6.85. The maximum atomic E-state index is 12.9. The van der Waals surface area contributed by atoms with Crippen LogP contribution in [0, 0.1) is 6.92 Å². The largest absolute Gasteiger partial charge is 0.496 e. The zero-order chi connectivity index (χ0) is 22.6. The van der Waals surface area contributed by atoms with Gasteiger partial charge in [0.25, 0.3) is 0 Å². The highest BCUT2D eigenvalue weighted by atomic mass is 79.9. The first-order valence-electron chi connectivity index (χ1n) is 9.38. The molecule has 1 N–H and O–H groups in total. The number of rotatable bonds is 8. The molecule has 31 heavy (non-hydrogen) atoms. The van der Waals surface area contributed by atoms with E-state index in [-0.39, 0.29) is 21.2 Å². The van der Waals surface area contributed by atoms with Crippen molar-refractivity contribution in [1.29, 1.82) is 0 Å². The number of methoxy groups -OCH3 is 1. The summed E-state index contributed by atoms with van der Waals surface area (Å²) in [5.74, 6) is 0.662. The lowest BCUT2D eigenvalue weighted by Crippen LogP contribution is -2.27. The van der Waals surface area contributed by atoms with Gasteiger partial charge in [0.2, 0.25) is 19.9 Å². The summed E-state index contributed by atoms with van der Waals surface area (Å²) in [6.07, 6.45) is 0.406. The molecule has 0 amide bonds. The molecule has 0 aliphatic rings. The van der Waals surface area contributed by atoms with Gasteiger partial charge in [-0.2, -0.15) is 0 Å². The van der Waals surface area contributed by atoms with Crippen LogP contribution in [0.5, 0.6) is 5.75 Å². The SMILES string of the molecule is COc1ccc(Br)cc1CCNS(=O)(=O)c1cc(S(=O)(=O)c2ccccc2)ccc1C. The summed E-state index contributed by atoms with van der Waals surface area (Å²) in [5, 5.41) is 0. The molecule has 6 nitrogen and oxygen atoms in total. The molecule has 0 saturated carbocycles. The van der Waals surface area contributed by atoms with Crippen LogP contribution in [0.2, 0.25) is 0 Å². The van der Waals surface area contributed by atoms with Gasteiger partial charge in [-0.3, -0.25) is 0 Å². The Labute approximate surface area is 191 Å². The smallest absolute Gasteiger partial charge is 0.240 e. The molecule has 9 heteroatoms. The van der Waals surface area contributed by atoms with Crippen molar-refractivity contribution in [2.45, 2.75) is 28.0 Å². The molecular formula is C22H22BrNO5S2. The second-order valence-corrected chi connectivity index (χ2v) is 11.4. The van der Waals surface area contributed by atoms with Crippen LogP contribution in [0.25, 0.3) is 0 Å². The zero-order valence-corrected chi connectivity index (χ0v) is 20.2. The quantitative estimate of drug-likeness (QED) is 0.479. The molecule has 164 valence electrons. The number of sulfone groups is 1. The third-order valence-electron chi connectivity index (χ3n) is 4.74. The number of hydrogen-bond acceptors (Lipinski definition) is 5. The minimum absolute atomic E-state index is 0.0642. The summed E-state index contributed by atoms with van der Waals surface area (Å²) in [5.41, 5.74) is 1.30. The number of nitrogens with one attached hydrogen (secondary N) is 1. The van der Waals surface area contributed by atoms with E-state index < -0.39 is 19.9 Å². The predicted octanol–water partition coefficient (Wildman–Crippen LogP) is 4.12. The van der Waals surface area contributed by atoms with Crippen molar-refractivity contribution in [2.75, 3.05) is 13.7 Å². The molecule has 3 rings (SSSR count). The molecular weight excluding hydrogens is 502 g/mol. The molecule has 0 bridgehead atoms. The lowest BCUT2D eigenvalue weighted by Gasteiger charge is -2.13. The van der Waals surface area contributed by atoms with Crippen molar-refractivity contribution < 1.29 is 21.6 Å². The summed E-state index contributed by atoms with van der Waals surface area (Å²) in [6.45, 7) is 1.76. The minimum atomic E-state index is -3.92. The van der Waals surface area contributed by atoms with Crippen LogP contribution in [0.4, 0.5) is 0 Å². The van der Waals surface area contributed by atoms with E-state index in [9.17, 15) is 16.8 Å². The molecule has 0 radical (unpaired) electrons. The Kier molecular flexibility index (Phi) is 7.20. The summed E-state index contributed by atoms with van der Waals surface area (Å²) in [6, 6.07) is 17.6. The Hall–Kier alpha value is -2.20. The van der Waals surface area contributed by atoms with E-state index in [1.54, 1.807) is 38.3 Å². The van der Waals surface area contributed by atoms with Crippen molar-refractivity contribution in [1.82, 2.24) is 4.72 Å². The van der Waals surface area contributed by atoms with Crippen molar-refractivity contribution in [3.05, 3.63) is 82.3 Å². The van der Waals surface area contributed by atoms with Crippen LogP contribution in [0.15, 0.2) is 85.9 Å². The molecule has 0 heterocycles. The normalized spacial score (nSPS) is 12.0. The average Bonchev–Trinajstić information content (AvgIpc) is 2.74. The summed E-state index contributed by atoms with van der Waals surface area (Å²) in [4.78, 5) is -0.0269. The van der Waals surface area contributed by atoms with Crippen LogP contribution in [0.1, 0.15) is 11.1 Å². The Balaban J connectivity index is 1.85. The standard InChI is InChI=1S/C22H22BrNO5S2/c1-16-8-10-20(30(25,26)19-6-4-3-5-7-19)15-22(16)31(27,28)24-13-12-17-14-18(23)9-11-21(17)29-2/h3-11,14-15,24H,12-13H2,1-2H3. The van der Waals surface area contributed by atoms with E-state index in [4.69, 9.17) is 4.74 Å². The molecule has 0 aromatic heterocycles. The number of halogens is 1. The van der Waals surface area contributed by atoms with Crippen molar-refractivity contribution in [3.8, 4) is 5.75 Å². The molecule has 0 saturated heterocycles. The van der Waals surface area contributed by atoms with Gasteiger partial charge in [0.1, 0.15) is 5.75 Å². The molecule has 3 aromatic rings. The molecule has 0 unspecified atom stereocenters.